The lowest BCUT2D eigenvalue weighted by Crippen LogP contribution is -2.26. The van der Waals surface area contributed by atoms with E-state index in [-0.39, 0.29) is 10.7 Å². The summed E-state index contributed by atoms with van der Waals surface area (Å²) in [5.74, 6) is -0.327. The van der Waals surface area contributed by atoms with Crippen LogP contribution in [0.5, 0.6) is 0 Å². The molecule has 164 valence electrons. The molecule has 3 aromatic rings. The SMILES string of the molecule is CCOC(=O)NCCc1cc(-c2ccc(S(C)(=O)=O)cc2)n(-c2ccc(F)cc2)c1C. The highest BCUT2D eigenvalue weighted by atomic mass is 32.2. The number of alkyl carbamates (subject to hydrolysis) is 1. The van der Waals surface area contributed by atoms with Gasteiger partial charge in [0.15, 0.2) is 9.84 Å². The number of halogens is 1. The van der Waals surface area contributed by atoms with Crippen LogP contribution in [-0.2, 0) is 21.0 Å². The maximum absolute atomic E-state index is 13.5. The second-order valence-corrected chi connectivity index (χ2v) is 9.16. The first kappa shape index (κ1) is 22.6. The van der Waals surface area contributed by atoms with Crippen LogP contribution in [0.1, 0.15) is 18.2 Å². The normalized spacial score (nSPS) is 11.4. The molecule has 0 spiro atoms. The van der Waals surface area contributed by atoms with Crippen LogP contribution in [-0.4, -0.2) is 38.5 Å². The number of nitrogens with one attached hydrogen (secondary N) is 1. The van der Waals surface area contributed by atoms with Crippen molar-refractivity contribution in [2.75, 3.05) is 19.4 Å². The van der Waals surface area contributed by atoms with Crippen molar-refractivity contribution < 1.29 is 22.3 Å². The van der Waals surface area contributed by atoms with Gasteiger partial charge in [0.05, 0.1) is 17.2 Å². The van der Waals surface area contributed by atoms with E-state index in [9.17, 15) is 17.6 Å². The molecule has 0 aliphatic heterocycles. The summed E-state index contributed by atoms with van der Waals surface area (Å²) in [6.45, 7) is 4.41. The molecule has 1 aromatic heterocycles. The highest BCUT2D eigenvalue weighted by molar-refractivity contribution is 7.90. The van der Waals surface area contributed by atoms with Gasteiger partial charge in [-0.2, -0.15) is 0 Å². The van der Waals surface area contributed by atoms with E-state index in [2.05, 4.69) is 5.32 Å². The Morgan fingerprint density at radius 3 is 2.32 bits per heavy atom. The summed E-state index contributed by atoms with van der Waals surface area (Å²) in [5.41, 5.74) is 4.40. The maximum Gasteiger partial charge on any atom is 0.407 e. The van der Waals surface area contributed by atoms with Gasteiger partial charge in [-0.25, -0.2) is 17.6 Å². The van der Waals surface area contributed by atoms with Crippen molar-refractivity contribution in [1.29, 1.82) is 0 Å². The third-order valence-electron chi connectivity index (χ3n) is 4.95. The van der Waals surface area contributed by atoms with Crippen molar-refractivity contribution in [1.82, 2.24) is 9.88 Å². The minimum Gasteiger partial charge on any atom is -0.450 e. The second kappa shape index (κ2) is 9.34. The summed E-state index contributed by atoms with van der Waals surface area (Å²) < 4.78 is 43.9. The highest BCUT2D eigenvalue weighted by Gasteiger charge is 2.16. The average molecular weight is 445 g/mol. The number of sulfone groups is 1. The Morgan fingerprint density at radius 1 is 1.10 bits per heavy atom. The number of aromatic nitrogens is 1. The zero-order valence-electron chi connectivity index (χ0n) is 17.7. The first-order valence-electron chi connectivity index (χ1n) is 9.89. The van der Waals surface area contributed by atoms with Gasteiger partial charge in [-0.1, -0.05) is 12.1 Å². The number of carbonyl (C=O) groups excluding carboxylic acids is 1. The fourth-order valence-electron chi connectivity index (χ4n) is 3.40. The topological polar surface area (TPSA) is 77.4 Å². The van der Waals surface area contributed by atoms with Crippen molar-refractivity contribution in [3.8, 4) is 16.9 Å². The largest absolute Gasteiger partial charge is 0.450 e. The van der Waals surface area contributed by atoms with Gasteiger partial charge in [0.2, 0.25) is 0 Å². The molecule has 0 radical (unpaired) electrons. The summed E-state index contributed by atoms with van der Waals surface area (Å²) >= 11 is 0. The number of rotatable bonds is 7. The molecule has 0 aliphatic carbocycles. The zero-order valence-corrected chi connectivity index (χ0v) is 18.5. The molecule has 1 amide bonds. The third-order valence-corrected chi connectivity index (χ3v) is 6.08. The summed E-state index contributed by atoms with van der Waals surface area (Å²) in [7, 11) is -3.30. The minimum absolute atomic E-state index is 0.242. The predicted octanol–water partition coefficient (Wildman–Crippen LogP) is 4.28. The molecule has 0 saturated heterocycles. The van der Waals surface area contributed by atoms with Crippen molar-refractivity contribution in [2.24, 2.45) is 0 Å². The smallest absolute Gasteiger partial charge is 0.407 e. The number of amides is 1. The monoisotopic (exact) mass is 444 g/mol. The third kappa shape index (κ3) is 5.32. The van der Waals surface area contributed by atoms with Crippen molar-refractivity contribution >= 4 is 15.9 Å². The van der Waals surface area contributed by atoms with E-state index >= 15 is 0 Å². The fourth-order valence-corrected chi connectivity index (χ4v) is 4.03. The first-order valence-corrected chi connectivity index (χ1v) is 11.8. The Kier molecular flexibility index (Phi) is 6.80. The van der Waals surface area contributed by atoms with Crippen LogP contribution in [0, 0.1) is 12.7 Å². The Bertz CT molecular complexity index is 1170. The quantitative estimate of drug-likeness (QED) is 0.590. The number of ether oxygens (including phenoxy) is 1. The zero-order chi connectivity index (χ0) is 22.6. The molecule has 0 unspecified atom stereocenters. The maximum atomic E-state index is 13.5. The molecule has 0 atom stereocenters. The van der Waals surface area contributed by atoms with Crippen molar-refractivity contribution in [3.05, 3.63) is 71.7 Å². The molecule has 0 aliphatic rings. The number of carbonyl (C=O) groups is 1. The number of hydrogen-bond acceptors (Lipinski definition) is 4. The molecule has 31 heavy (non-hydrogen) atoms. The van der Waals surface area contributed by atoms with Gasteiger partial charge in [0.25, 0.3) is 0 Å². The number of benzene rings is 2. The number of nitrogens with zero attached hydrogens (tertiary/aromatic N) is 1. The molecule has 0 saturated carbocycles. The van der Waals surface area contributed by atoms with Crippen LogP contribution in [0.15, 0.2) is 59.5 Å². The predicted molar refractivity (Wildman–Crippen MR) is 118 cm³/mol. The summed E-state index contributed by atoms with van der Waals surface area (Å²) in [6.07, 6.45) is 1.28. The minimum atomic E-state index is -3.30. The molecule has 3 rings (SSSR count). The van der Waals surface area contributed by atoms with Crippen LogP contribution < -0.4 is 5.32 Å². The standard InChI is InChI=1S/C23H25FN2O4S/c1-4-30-23(27)25-14-13-18-15-22(17-5-11-21(12-6-17)31(3,28)29)26(16(18)2)20-9-7-19(24)8-10-20/h5-12,15H,4,13-14H2,1-3H3,(H,25,27). The number of hydrogen-bond donors (Lipinski definition) is 1. The van der Waals surface area contributed by atoms with Crippen molar-refractivity contribution in [2.45, 2.75) is 25.2 Å². The van der Waals surface area contributed by atoms with E-state index in [1.54, 1.807) is 43.3 Å². The van der Waals surface area contributed by atoms with Crippen LogP contribution in [0.4, 0.5) is 9.18 Å². The van der Waals surface area contributed by atoms with Gasteiger partial charge in [0.1, 0.15) is 5.82 Å². The molecule has 1 N–H and O–H groups in total. The van der Waals surface area contributed by atoms with Crippen LogP contribution >= 0.6 is 0 Å². The highest BCUT2D eigenvalue weighted by Crippen LogP contribution is 2.30. The molecule has 8 heteroatoms. The van der Waals surface area contributed by atoms with Gasteiger partial charge in [-0.15, -0.1) is 0 Å². The van der Waals surface area contributed by atoms with E-state index in [0.717, 1.165) is 28.2 Å². The van der Waals surface area contributed by atoms with E-state index in [0.29, 0.717) is 19.6 Å². The van der Waals surface area contributed by atoms with Gasteiger partial charge < -0.3 is 14.6 Å². The van der Waals surface area contributed by atoms with Crippen LogP contribution in [0.25, 0.3) is 16.9 Å². The molecular weight excluding hydrogens is 419 g/mol. The van der Waals surface area contributed by atoms with E-state index in [1.807, 2.05) is 17.6 Å². The van der Waals surface area contributed by atoms with Crippen LogP contribution in [0.3, 0.4) is 0 Å². The lowest BCUT2D eigenvalue weighted by atomic mass is 10.1. The lowest BCUT2D eigenvalue weighted by molar-refractivity contribution is 0.152. The van der Waals surface area contributed by atoms with E-state index < -0.39 is 15.9 Å². The van der Waals surface area contributed by atoms with E-state index in [4.69, 9.17) is 4.74 Å². The Morgan fingerprint density at radius 2 is 1.74 bits per heavy atom. The molecule has 6 nitrogen and oxygen atoms in total. The van der Waals surface area contributed by atoms with Crippen molar-refractivity contribution in [3.63, 3.8) is 0 Å². The molecule has 1 heterocycles. The lowest BCUT2D eigenvalue weighted by Gasteiger charge is -2.13. The average Bonchev–Trinajstić information content (AvgIpc) is 3.05. The first-order chi connectivity index (χ1) is 14.7. The van der Waals surface area contributed by atoms with E-state index in [1.165, 1.54) is 18.4 Å². The Hall–Kier alpha value is -3.13. The van der Waals surface area contributed by atoms with Crippen LogP contribution in [0.2, 0.25) is 0 Å². The summed E-state index contributed by atoms with van der Waals surface area (Å²) in [4.78, 5) is 11.8. The molecule has 2 aromatic carbocycles. The van der Waals surface area contributed by atoms with Gasteiger partial charge in [-0.05, 0) is 73.9 Å². The summed E-state index contributed by atoms with van der Waals surface area (Å²) in [6, 6.07) is 14.8. The molecule has 0 fully saturated rings. The van der Waals surface area contributed by atoms with Gasteiger partial charge in [-0.3, -0.25) is 0 Å². The Labute approximate surface area is 181 Å². The Balaban J connectivity index is 2.00. The van der Waals surface area contributed by atoms with Gasteiger partial charge >= 0.3 is 6.09 Å². The molecule has 0 bridgehead atoms. The fraction of sp³-hybridized carbons (Fsp3) is 0.261. The molecular formula is C23H25FN2O4S. The summed E-state index contributed by atoms with van der Waals surface area (Å²) in [5, 5.41) is 2.71. The van der Waals surface area contributed by atoms with Gasteiger partial charge in [0, 0.05) is 24.2 Å². The second-order valence-electron chi connectivity index (χ2n) is 7.15.